The lowest BCUT2D eigenvalue weighted by Gasteiger charge is -2.10. The van der Waals surface area contributed by atoms with Crippen LogP contribution in [0.15, 0.2) is 28.9 Å². The molecule has 0 aliphatic rings. The van der Waals surface area contributed by atoms with Crippen molar-refractivity contribution in [3.63, 3.8) is 0 Å². The molecule has 5 heteroatoms. The van der Waals surface area contributed by atoms with E-state index in [9.17, 15) is 9.50 Å². The molecule has 3 nitrogen and oxygen atoms in total. The Kier molecular flexibility index (Phi) is 3.73. The number of hydrogen-bond acceptors (Lipinski definition) is 3. The monoisotopic (exact) mass is 310 g/mol. The Balaban J connectivity index is 2.49. The van der Waals surface area contributed by atoms with Gasteiger partial charge >= 0.3 is 0 Å². The number of aromatic nitrogens is 2. The molecule has 0 aliphatic carbocycles. The Morgan fingerprint density at radius 1 is 1.39 bits per heavy atom. The Hall–Kier alpha value is -1.33. The van der Waals surface area contributed by atoms with Gasteiger partial charge in [0.25, 0.3) is 0 Å². The van der Waals surface area contributed by atoms with E-state index >= 15 is 0 Å². The minimum Gasteiger partial charge on any atom is -0.389 e. The van der Waals surface area contributed by atoms with E-state index in [4.69, 9.17) is 0 Å². The molecule has 0 amide bonds. The third kappa shape index (κ3) is 2.57. The summed E-state index contributed by atoms with van der Waals surface area (Å²) in [6.45, 7) is 3.48. The number of halogens is 2. The quantitative estimate of drug-likeness (QED) is 0.924. The van der Waals surface area contributed by atoms with E-state index in [0.29, 0.717) is 21.6 Å². The first-order valence-electron chi connectivity index (χ1n) is 5.46. The second-order valence-corrected chi connectivity index (χ2v) is 4.89. The molecule has 18 heavy (non-hydrogen) atoms. The van der Waals surface area contributed by atoms with Crippen LogP contribution in [0.2, 0.25) is 0 Å². The standard InChI is InChI=1S/C13H12BrFN2O/c1-7-11(8(2)18)6-16-13(17-7)10-4-3-9(15)5-12(10)14/h3-6,8,18H,1-2H3. The Morgan fingerprint density at radius 2 is 2.11 bits per heavy atom. The van der Waals surface area contributed by atoms with Crippen molar-refractivity contribution in [1.29, 1.82) is 0 Å². The van der Waals surface area contributed by atoms with E-state index < -0.39 is 6.10 Å². The number of nitrogens with zero attached hydrogens (tertiary/aromatic N) is 2. The first-order chi connectivity index (χ1) is 8.49. The van der Waals surface area contributed by atoms with E-state index in [0.717, 1.165) is 5.56 Å². The highest BCUT2D eigenvalue weighted by Gasteiger charge is 2.11. The minimum atomic E-state index is -0.601. The Labute approximate surface area is 113 Å². The average Bonchev–Trinajstić information content (AvgIpc) is 2.28. The van der Waals surface area contributed by atoms with Crippen molar-refractivity contribution in [3.8, 4) is 11.4 Å². The van der Waals surface area contributed by atoms with Gasteiger partial charge in [0.1, 0.15) is 5.82 Å². The molecule has 1 N–H and O–H groups in total. The zero-order valence-electron chi connectivity index (χ0n) is 9.98. The molecule has 2 rings (SSSR count). The molecule has 0 saturated heterocycles. The van der Waals surface area contributed by atoms with Crippen molar-refractivity contribution in [2.24, 2.45) is 0 Å². The van der Waals surface area contributed by atoms with E-state index in [1.165, 1.54) is 12.1 Å². The van der Waals surface area contributed by atoms with Crippen molar-refractivity contribution in [2.75, 3.05) is 0 Å². The third-order valence-corrected chi connectivity index (χ3v) is 3.30. The predicted octanol–water partition coefficient (Wildman–Crippen LogP) is 3.41. The summed E-state index contributed by atoms with van der Waals surface area (Å²) in [5, 5.41) is 9.52. The highest BCUT2D eigenvalue weighted by Crippen LogP contribution is 2.27. The van der Waals surface area contributed by atoms with E-state index in [1.807, 2.05) is 6.92 Å². The lowest BCUT2D eigenvalue weighted by molar-refractivity contribution is 0.197. The third-order valence-electron chi connectivity index (χ3n) is 2.64. The van der Waals surface area contributed by atoms with Gasteiger partial charge in [0.15, 0.2) is 5.82 Å². The maximum atomic E-state index is 13.0. The fourth-order valence-electron chi connectivity index (χ4n) is 1.69. The van der Waals surface area contributed by atoms with Crippen LogP contribution in [0.3, 0.4) is 0 Å². The van der Waals surface area contributed by atoms with Gasteiger partial charge in [-0.05, 0) is 48.0 Å². The first-order valence-corrected chi connectivity index (χ1v) is 6.25. The number of rotatable bonds is 2. The summed E-state index contributed by atoms with van der Waals surface area (Å²) in [7, 11) is 0. The molecule has 1 aromatic heterocycles. The zero-order valence-corrected chi connectivity index (χ0v) is 11.6. The van der Waals surface area contributed by atoms with Crippen molar-refractivity contribution in [3.05, 3.63) is 45.9 Å². The molecule has 0 saturated carbocycles. The van der Waals surface area contributed by atoms with Crippen LogP contribution < -0.4 is 0 Å². The highest BCUT2D eigenvalue weighted by atomic mass is 79.9. The van der Waals surface area contributed by atoms with Gasteiger partial charge in [-0.1, -0.05) is 0 Å². The van der Waals surface area contributed by atoms with E-state index in [2.05, 4.69) is 25.9 Å². The molecule has 0 bridgehead atoms. The van der Waals surface area contributed by atoms with Crippen LogP contribution in [0.25, 0.3) is 11.4 Å². The van der Waals surface area contributed by atoms with Gasteiger partial charge in [0.2, 0.25) is 0 Å². The summed E-state index contributed by atoms with van der Waals surface area (Å²) >= 11 is 3.29. The van der Waals surface area contributed by atoms with Crippen LogP contribution in [-0.4, -0.2) is 15.1 Å². The summed E-state index contributed by atoms with van der Waals surface area (Å²) in [6.07, 6.45) is 0.994. The topological polar surface area (TPSA) is 46.0 Å². The molecular formula is C13H12BrFN2O. The van der Waals surface area contributed by atoms with Crippen molar-refractivity contribution in [1.82, 2.24) is 9.97 Å². The lowest BCUT2D eigenvalue weighted by atomic mass is 10.1. The average molecular weight is 311 g/mol. The number of aliphatic hydroxyl groups excluding tert-OH is 1. The van der Waals surface area contributed by atoms with Crippen LogP contribution in [-0.2, 0) is 0 Å². The van der Waals surface area contributed by atoms with Gasteiger partial charge < -0.3 is 5.11 Å². The molecule has 0 spiro atoms. The molecule has 1 heterocycles. The van der Waals surface area contributed by atoms with Crippen LogP contribution in [0.4, 0.5) is 4.39 Å². The summed E-state index contributed by atoms with van der Waals surface area (Å²) in [6, 6.07) is 4.36. The molecule has 2 aromatic rings. The fourth-order valence-corrected chi connectivity index (χ4v) is 2.22. The van der Waals surface area contributed by atoms with E-state index in [1.54, 1.807) is 19.2 Å². The lowest BCUT2D eigenvalue weighted by Crippen LogP contribution is -2.01. The van der Waals surface area contributed by atoms with Gasteiger partial charge in [-0.15, -0.1) is 0 Å². The molecule has 1 atom stereocenters. The molecule has 0 aliphatic heterocycles. The summed E-state index contributed by atoms with van der Waals surface area (Å²) in [5.74, 6) is 0.187. The smallest absolute Gasteiger partial charge is 0.160 e. The van der Waals surface area contributed by atoms with Crippen LogP contribution in [0.5, 0.6) is 0 Å². The van der Waals surface area contributed by atoms with Crippen LogP contribution >= 0.6 is 15.9 Å². The first kappa shape index (κ1) is 13.1. The maximum Gasteiger partial charge on any atom is 0.160 e. The number of hydrogen-bond donors (Lipinski definition) is 1. The maximum absolute atomic E-state index is 13.0. The van der Waals surface area contributed by atoms with Gasteiger partial charge in [-0.3, -0.25) is 0 Å². The Bertz CT molecular complexity index is 587. The van der Waals surface area contributed by atoms with Gasteiger partial charge in [0, 0.05) is 27.5 Å². The van der Waals surface area contributed by atoms with E-state index in [-0.39, 0.29) is 5.82 Å². The van der Waals surface area contributed by atoms with Gasteiger partial charge in [-0.25, -0.2) is 14.4 Å². The predicted molar refractivity (Wildman–Crippen MR) is 70.5 cm³/mol. The van der Waals surface area contributed by atoms with Crippen molar-refractivity contribution in [2.45, 2.75) is 20.0 Å². The van der Waals surface area contributed by atoms with Gasteiger partial charge in [0.05, 0.1) is 6.10 Å². The molecule has 1 aromatic carbocycles. The minimum absolute atomic E-state index is 0.317. The fraction of sp³-hybridized carbons (Fsp3) is 0.231. The summed E-state index contributed by atoms with van der Waals surface area (Å²) < 4.78 is 13.6. The highest BCUT2D eigenvalue weighted by molar-refractivity contribution is 9.10. The largest absolute Gasteiger partial charge is 0.389 e. The molecule has 1 unspecified atom stereocenters. The van der Waals surface area contributed by atoms with Crippen LogP contribution in [0, 0.1) is 12.7 Å². The van der Waals surface area contributed by atoms with Crippen LogP contribution in [0.1, 0.15) is 24.3 Å². The second kappa shape index (κ2) is 5.12. The second-order valence-electron chi connectivity index (χ2n) is 4.03. The summed E-state index contributed by atoms with van der Waals surface area (Å²) in [4.78, 5) is 8.53. The summed E-state index contributed by atoms with van der Waals surface area (Å²) in [5.41, 5.74) is 2.12. The van der Waals surface area contributed by atoms with Crippen molar-refractivity contribution >= 4 is 15.9 Å². The number of benzene rings is 1. The normalized spacial score (nSPS) is 12.5. The number of aryl methyl sites for hydroxylation is 1. The SMILES string of the molecule is Cc1nc(-c2ccc(F)cc2Br)ncc1C(C)O. The Morgan fingerprint density at radius 3 is 2.67 bits per heavy atom. The van der Waals surface area contributed by atoms with Gasteiger partial charge in [-0.2, -0.15) is 0 Å². The molecule has 0 radical (unpaired) electrons. The zero-order chi connectivity index (χ0) is 13.3. The molecule has 0 fully saturated rings. The number of aliphatic hydroxyl groups is 1. The van der Waals surface area contributed by atoms with Crippen molar-refractivity contribution < 1.29 is 9.50 Å². The molecular weight excluding hydrogens is 299 g/mol. The molecule has 94 valence electrons.